The fourth-order valence-electron chi connectivity index (χ4n) is 3.66. The molecule has 0 aromatic heterocycles. The van der Waals surface area contributed by atoms with Crippen LogP contribution in [-0.4, -0.2) is 49.7 Å². The third kappa shape index (κ3) is 3.91. The van der Waals surface area contributed by atoms with Gasteiger partial charge in [0.05, 0.1) is 10.5 Å². The number of amides is 1. The first-order valence-corrected chi connectivity index (χ1v) is 10.8. The molecule has 1 fully saturated rings. The normalized spacial score (nSPS) is 15.6. The minimum Gasteiger partial charge on any atom is -0.336 e. The highest BCUT2D eigenvalue weighted by Gasteiger charge is 2.33. The van der Waals surface area contributed by atoms with Crippen LogP contribution in [0.5, 0.6) is 0 Å². The molecule has 2 aromatic rings. The number of piperazine rings is 1. The highest BCUT2D eigenvalue weighted by Crippen LogP contribution is 2.29. The molecule has 0 bridgehead atoms. The Morgan fingerprint density at radius 1 is 0.897 bits per heavy atom. The Kier molecular flexibility index (Phi) is 5.78. The van der Waals surface area contributed by atoms with E-state index in [1.807, 2.05) is 19.9 Å². The number of hydrogen-bond acceptors (Lipinski definition) is 3. The molecule has 2 aromatic carbocycles. The van der Waals surface area contributed by atoms with Crippen LogP contribution < -0.4 is 0 Å². The van der Waals surface area contributed by atoms with E-state index in [-0.39, 0.29) is 31.7 Å². The highest BCUT2D eigenvalue weighted by atomic mass is 32.2. The maximum absolute atomic E-state index is 13.9. The van der Waals surface area contributed by atoms with Gasteiger partial charge >= 0.3 is 0 Å². The lowest BCUT2D eigenvalue weighted by Crippen LogP contribution is -2.50. The first-order chi connectivity index (χ1) is 13.5. The van der Waals surface area contributed by atoms with E-state index >= 15 is 0 Å². The van der Waals surface area contributed by atoms with Crippen LogP contribution in [0.15, 0.2) is 29.2 Å². The smallest absolute Gasteiger partial charge is 0.257 e. The molecule has 1 amide bonds. The number of rotatable bonds is 3. The molecule has 0 spiro atoms. The second kappa shape index (κ2) is 7.84. The van der Waals surface area contributed by atoms with Gasteiger partial charge < -0.3 is 4.90 Å². The Labute approximate surface area is 170 Å². The molecule has 29 heavy (non-hydrogen) atoms. The standard InChI is InChI=1S/C21H24F2N2O3S/c1-13-11-14(2)16(4)20(15(13)3)29(27,28)25-9-7-24(8-10-25)21(26)18-12-17(22)5-6-19(18)23/h5-6,11-12H,7-10H2,1-4H3. The third-order valence-corrected chi connectivity index (χ3v) is 7.75. The molecular formula is C21H24F2N2O3S. The van der Waals surface area contributed by atoms with Crippen molar-refractivity contribution in [2.45, 2.75) is 32.6 Å². The molecule has 3 rings (SSSR count). The van der Waals surface area contributed by atoms with E-state index in [4.69, 9.17) is 0 Å². The Morgan fingerprint density at radius 3 is 2.00 bits per heavy atom. The zero-order valence-electron chi connectivity index (χ0n) is 16.9. The average molecular weight is 422 g/mol. The fourth-order valence-corrected chi connectivity index (χ4v) is 5.66. The molecule has 1 saturated heterocycles. The number of halogens is 2. The van der Waals surface area contributed by atoms with Gasteiger partial charge in [-0.25, -0.2) is 17.2 Å². The topological polar surface area (TPSA) is 57.7 Å². The van der Waals surface area contributed by atoms with Gasteiger partial charge in [0.2, 0.25) is 10.0 Å². The lowest BCUT2D eigenvalue weighted by atomic mass is 10.0. The highest BCUT2D eigenvalue weighted by molar-refractivity contribution is 7.89. The molecule has 1 heterocycles. The fraction of sp³-hybridized carbons (Fsp3) is 0.381. The summed E-state index contributed by atoms with van der Waals surface area (Å²) in [5.74, 6) is -2.14. The predicted octanol–water partition coefficient (Wildman–Crippen LogP) is 3.35. The number of hydrogen-bond donors (Lipinski definition) is 0. The van der Waals surface area contributed by atoms with Gasteiger partial charge in [-0.2, -0.15) is 4.31 Å². The van der Waals surface area contributed by atoms with Gasteiger partial charge in [0.1, 0.15) is 11.6 Å². The molecule has 1 aliphatic heterocycles. The number of aryl methyl sites for hydroxylation is 2. The van der Waals surface area contributed by atoms with Crippen molar-refractivity contribution in [3.63, 3.8) is 0 Å². The molecule has 0 saturated carbocycles. The summed E-state index contributed by atoms with van der Waals surface area (Å²) in [6, 6.07) is 4.69. The van der Waals surface area contributed by atoms with Crippen LogP contribution in [0.2, 0.25) is 0 Å². The number of carbonyl (C=O) groups is 1. The number of benzene rings is 2. The second-order valence-corrected chi connectivity index (χ2v) is 9.28. The van der Waals surface area contributed by atoms with Crippen molar-refractivity contribution in [2.24, 2.45) is 0 Å². The van der Waals surface area contributed by atoms with Gasteiger partial charge in [-0.05, 0) is 68.1 Å². The van der Waals surface area contributed by atoms with Crippen LogP contribution in [0.4, 0.5) is 8.78 Å². The first kappa shape index (κ1) is 21.4. The van der Waals surface area contributed by atoms with Crippen LogP contribution in [0, 0.1) is 39.3 Å². The van der Waals surface area contributed by atoms with Gasteiger partial charge in [-0.15, -0.1) is 0 Å². The molecule has 1 aliphatic rings. The molecule has 0 N–H and O–H groups in total. The maximum Gasteiger partial charge on any atom is 0.257 e. The third-order valence-electron chi connectivity index (χ3n) is 5.58. The van der Waals surface area contributed by atoms with Gasteiger partial charge in [-0.3, -0.25) is 4.79 Å². The molecule has 0 aliphatic carbocycles. The molecule has 8 heteroatoms. The molecule has 0 radical (unpaired) electrons. The summed E-state index contributed by atoms with van der Waals surface area (Å²) >= 11 is 0. The van der Waals surface area contributed by atoms with Crippen molar-refractivity contribution < 1.29 is 22.0 Å². The summed E-state index contributed by atoms with van der Waals surface area (Å²) < 4.78 is 55.2. The van der Waals surface area contributed by atoms with Crippen molar-refractivity contribution in [1.82, 2.24) is 9.21 Å². The van der Waals surface area contributed by atoms with Crippen molar-refractivity contribution in [3.05, 3.63) is 63.7 Å². The molecule has 0 atom stereocenters. The lowest BCUT2D eigenvalue weighted by molar-refractivity contribution is 0.0692. The van der Waals surface area contributed by atoms with Crippen molar-refractivity contribution in [3.8, 4) is 0 Å². The monoisotopic (exact) mass is 422 g/mol. The van der Waals surface area contributed by atoms with E-state index < -0.39 is 27.6 Å². The van der Waals surface area contributed by atoms with E-state index in [1.54, 1.807) is 13.8 Å². The number of sulfonamides is 1. The number of nitrogens with zero attached hydrogens (tertiary/aromatic N) is 2. The Bertz CT molecular complexity index is 1050. The number of carbonyl (C=O) groups excluding carboxylic acids is 1. The van der Waals surface area contributed by atoms with Crippen molar-refractivity contribution in [2.75, 3.05) is 26.2 Å². The molecule has 156 valence electrons. The summed E-state index contributed by atoms with van der Waals surface area (Å²) in [7, 11) is -3.74. The second-order valence-electron chi connectivity index (χ2n) is 7.41. The van der Waals surface area contributed by atoms with Crippen LogP contribution in [-0.2, 0) is 10.0 Å². The van der Waals surface area contributed by atoms with E-state index in [9.17, 15) is 22.0 Å². The van der Waals surface area contributed by atoms with Gasteiger partial charge in [0, 0.05) is 26.2 Å². The SMILES string of the molecule is Cc1cc(C)c(C)c(S(=O)(=O)N2CCN(C(=O)c3cc(F)ccc3F)CC2)c1C. The van der Waals surface area contributed by atoms with Crippen LogP contribution in [0.1, 0.15) is 32.6 Å². The molecular weight excluding hydrogens is 398 g/mol. The molecule has 0 unspecified atom stereocenters. The van der Waals surface area contributed by atoms with E-state index in [0.29, 0.717) is 16.0 Å². The minimum absolute atomic E-state index is 0.0941. The summed E-state index contributed by atoms with van der Waals surface area (Å²) in [6.07, 6.45) is 0. The van der Waals surface area contributed by atoms with Crippen molar-refractivity contribution in [1.29, 1.82) is 0 Å². The lowest BCUT2D eigenvalue weighted by Gasteiger charge is -2.35. The Balaban J connectivity index is 1.82. The largest absolute Gasteiger partial charge is 0.336 e. The maximum atomic E-state index is 13.9. The van der Waals surface area contributed by atoms with E-state index in [1.165, 1.54) is 9.21 Å². The Hall–Kier alpha value is -2.32. The van der Waals surface area contributed by atoms with Gasteiger partial charge in [-0.1, -0.05) is 6.07 Å². The quantitative estimate of drug-likeness (QED) is 0.762. The summed E-state index contributed by atoms with van der Waals surface area (Å²) in [5.41, 5.74) is 2.90. The van der Waals surface area contributed by atoms with Gasteiger partial charge in [0.25, 0.3) is 5.91 Å². The van der Waals surface area contributed by atoms with Gasteiger partial charge in [0.15, 0.2) is 0 Å². The summed E-state index contributed by atoms with van der Waals surface area (Å²) in [6.45, 7) is 7.75. The molecule has 5 nitrogen and oxygen atoms in total. The van der Waals surface area contributed by atoms with Crippen molar-refractivity contribution >= 4 is 15.9 Å². The minimum atomic E-state index is -3.74. The summed E-state index contributed by atoms with van der Waals surface area (Å²) in [5, 5.41) is 0. The zero-order chi connectivity index (χ0) is 21.5. The predicted molar refractivity (Wildman–Crippen MR) is 106 cm³/mol. The van der Waals surface area contributed by atoms with Crippen LogP contribution >= 0.6 is 0 Å². The van der Waals surface area contributed by atoms with Crippen LogP contribution in [0.3, 0.4) is 0 Å². The Morgan fingerprint density at radius 2 is 1.45 bits per heavy atom. The van der Waals surface area contributed by atoms with E-state index in [2.05, 4.69) is 0 Å². The van der Waals surface area contributed by atoms with E-state index in [0.717, 1.165) is 29.3 Å². The first-order valence-electron chi connectivity index (χ1n) is 9.36. The summed E-state index contributed by atoms with van der Waals surface area (Å²) in [4.78, 5) is 14.2. The van der Waals surface area contributed by atoms with Crippen LogP contribution in [0.25, 0.3) is 0 Å². The zero-order valence-corrected chi connectivity index (χ0v) is 17.7. The average Bonchev–Trinajstić information content (AvgIpc) is 2.68.